The average molecular weight is 415 g/mol. The van der Waals surface area contributed by atoms with E-state index in [4.69, 9.17) is 16.3 Å². The number of amides is 2. The lowest BCUT2D eigenvalue weighted by Crippen LogP contribution is -2.53. The van der Waals surface area contributed by atoms with Gasteiger partial charge in [-0.1, -0.05) is 18.5 Å². The molecule has 0 aliphatic carbocycles. The van der Waals surface area contributed by atoms with Gasteiger partial charge in [-0.3, -0.25) is 9.69 Å². The van der Waals surface area contributed by atoms with E-state index in [1.54, 1.807) is 28.9 Å². The number of carbonyl (C=O) groups excluding carboxylic acids is 2. The molecule has 1 aliphatic rings. The summed E-state index contributed by atoms with van der Waals surface area (Å²) < 4.78 is 5.32. The van der Waals surface area contributed by atoms with Gasteiger partial charge < -0.3 is 9.64 Å². The van der Waals surface area contributed by atoms with E-state index in [1.165, 1.54) is 0 Å². The van der Waals surface area contributed by atoms with E-state index in [9.17, 15) is 9.59 Å². The Morgan fingerprint density at radius 1 is 1.03 bits per heavy atom. The van der Waals surface area contributed by atoms with E-state index in [1.807, 2.05) is 45.9 Å². The molecule has 1 aliphatic heterocycles. The van der Waals surface area contributed by atoms with Gasteiger partial charge in [0, 0.05) is 17.1 Å². The molecule has 154 valence electrons. The van der Waals surface area contributed by atoms with Gasteiger partial charge in [0.15, 0.2) is 0 Å². The highest BCUT2D eigenvalue weighted by atomic mass is 35.5. The van der Waals surface area contributed by atoms with Crippen molar-refractivity contribution in [1.29, 1.82) is 0 Å². The van der Waals surface area contributed by atoms with E-state index in [0.717, 1.165) is 22.4 Å². The number of hydrogen-bond donors (Lipinski definition) is 0. The summed E-state index contributed by atoms with van der Waals surface area (Å²) in [6.45, 7) is 10.4. The zero-order valence-corrected chi connectivity index (χ0v) is 18.3. The molecule has 1 atom stereocenters. The second kappa shape index (κ2) is 8.46. The number of aryl methyl sites for hydroxylation is 3. The predicted octanol–water partition coefficient (Wildman–Crippen LogP) is 5.67. The van der Waals surface area contributed by atoms with E-state index in [0.29, 0.717) is 35.8 Å². The molecule has 0 aromatic heterocycles. The van der Waals surface area contributed by atoms with Gasteiger partial charge in [0.25, 0.3) is 5.91 Å². The molecule has 2 aromatic rings. The molecule has 0 N–H and O–H groups in total. The molecule has 6 heteroatoms. The Kier molecular flexibility index (Phi) is 6.18. The Morgan fingerprint density at radius 2 is 1.69 bits per heavy atom. The van der Waals surface area contributed by atoms with Crippen molar-refractivity contribution in [3.63, 3.8) is 0 Å². The summed E-state index contributed by atoms with van der Waals surface area (Å²) in [6, 6.07) is 9.08. The average Bonchev–Trinajstić information content (AvgIpc) is 2.69. The van der Waals surface area contributed by atoms with Gasteiger partial charge in [-0.25, -0.2) is 4.79 Å². The quantitative estimate of drug-likeness (QED) is 0.650. The van der Waals surface area contributed by atoms with Gasteiger partial charge in [-0.15, -0.1) is 0 Å². The van der Waals surface area contributed by atoms with Crippen LogP contribution in [-0.2, 0) is 4.74 Å². The molecule has 5 nitrogen and oxygen atoms in total. The highest BCUT2D eigenvalue weighted by Gasteiger charge is 2.37. The van der Waals surface area contributed by atoms with Gasteiger partial charge in [0.1, 0.15) is 0 Å². The van der Waals surface area contributed by atoms with Crippen LogP contribution in [0.3, 0.4) is 0 Å². The maximum absolute atomic E-state index is 13.4. The molecular weight excluding hydrogens is 388 g/mol. The number of rotatable bonds is 3. The van der Waals surface area contributed by atoms with Gasteiger partial charge in [0.2, 0.25) is 0 Å². The summed E-state index contributed by atoms with van der Waals surface area (Å²) in [7, 11) is 0. The van der Waals surface area contributed by atoms with Crippen molar-refractivity contribution in [1.82, 2.24) is 0 Å². The highest BCUT2D eigenvalue weighted by Crippen LogP contribution is 2.39. The molecule has 0 saturated heterocycles. The summed E-state index contributed by atoms with van der Waals surface area (Å²) in [5.41, 5.74) is 5.00. The number of anilines is 2. The second-order valence-electron chi connectivity index (χ2n) is 7.44. The lowest BCUT2D eigenvalue weighted by molar-refractivity contribution is 0.0981. The minimum Gasteiger partial charge on any atom is -0.449 e. The number of ether oxygens (including phenoxy) is 1. The van der Waals surface area contributed by atoms with Crippen LogP contribution in [0.5, 0.6) is 0 Å². The number of carbonyl (C=O) groups is 2. The standard InChI is InChI=1S/C23H27ClN2O3/c1-6-18-13-25(22(27)17-8-9-19(24)16(5)10-17)20-11-14(3)15(4)12-21(20)26(18)23(28)29-7-2/h8-12,18H,6-7,13H2,1-5H3. The van der Waals surface area contributed by atoms with Crippen LogP contribution in [0.2, 0.25) is 5.02 Å². The third-order valence-corrected chi connectivity index (χ3v) is 5.91. The van der Waals surface area contributed by atoms with Crippen molar-refractivity contribution < 1.29 is 14.3 Å². The summed E-state index contributed by atoms with van der Waals surface area (Å²) in [4.78, 5) is 29.6. The van der Waals surface area contributed by atoms with Gasteiger partial charge in [-0.05, 0) is 81.1 Å². The first-order valence-corrected chi connectivity index (χ1v) is 10.3. The first-order chi connectivity index (χ1) is 13.8. The molecule has 1 unspecified atom stereocenters. The largest absolute Gasteiger partial charge is 0.449 e. The number of halogens is 1. The molecule has 0 radical (unpaired) electrons. The fourth-order valence-corrected chi connectivity index (χ4v) is 3.78. The third kappa shape index (κ3) is 3.97. The molecule has 0 saturated carbocycles. The number of fused-ring (bicyclic) bond motifs is 1. The molecule has 1 heterocycles. The first-order valence-electron chi connectivity index (χ1n) is 9.93. The SMILES string of the molecule is CCOC(=O)N1c2cc(C)c(C)cc2N(C(=O)c2ccc(Cl)c(C)c2)CC1CC. The molecule has 0 fully saturated rings. The van der Waals surface area contributed by atoms with Crippen molar-refractivity contribution in [2.75, 3.05) is 23.0 Å². The van der Waals surface area contributed by atoms with Crippen molar-refractivity contribution in [2.24, 2.45) is 0 Å². The molecule has 0 spiro atoms. The van der Waals surface area contributed by atoms with Crippen LogP contribution in [0.4, 0.5) is 16.2 Å². The Labute approximate surface area is 177 Å². The van der Waals surface area contributed by atoms with Crippen LogP contribution >= 0.6 is 11.6 Å². The number of nitrogens with zero attached hydrogens (tertiary/aromatic N) is 2. The van der Waals surface area contributed by atoms with Gasteiger partial charge in [0.05, 0.1) is 24.0 Å². The lowest BCUT2D eigenvalue weighted by Gasteiger charge is -2.42. The van der Waals surface area contributed by atoms with E-state index >= 15 is 0 Å². The van der Waals surface area contributed by atoms with Crippen LogP contribution in [0.15, 0.2) is 30.3 Å². The first kappa shape index (κ1) is 21.2. The summed E-state index contributed by atoms with van der Waals surface area (Å²) >= 11 is 6.14. The van der Waals surface area contributed by atoms with E-state index < -0.39 is 0 Å². The van der Waals surface area contributed by atoms with Gasteiger partial charge in [-0.2, -0.15) is 0 Å². The van der Waals surface area contributed by atoms with Crippen molar-refractivity contribution in [3.05, 3.63) is 57.6 Å². The maximum atomic E-state index is 13.4. The topological polar surface area (TPSA) is 49.9 Å². The molecular formula is C23H27ClN2O3. The van der Waals surface area contributed by atoms with Crippen LogP contribution in [0.25, 0.3) is 0 Å². The zero-order chi connectivity index (χ0) is 21.3. The molecule has 0 bridgehead atoms. The summed E-state index contributed by atoms with van der Waals surface area (Å²) in [6.07, 6.45) is 0.326. The van der Waals surface area contributed by atoms with Crippen LogP contribution < -0.4 is 9.80 Å². The van der Waals surface area contributed by atoms with Crippen LogP contribution in [0, 0.1) is 20.8 Å². The summed E-state index contributed by atoms with van der Waals surface area (Å²) in [5.74, 6) is -0.101. The van der Waals surface area contributed by atoms with E-state index in [2.05, 4.69) is 0 Å². The Hall–Kier alpha value is -2.53. The summed E-state index contributed by atoms with van der Waals surface area (Å²) in [5, 5.41) is 0.631. The number of hydrogen-bond acceptors (Lipinski definition) is 3. The highest BCUT2D eigenvalue weighted by molar-refractivity contribution is 6.31. The maximum Gasteiger partial charge on any atom is 0.414 e. The minimum absolute atomic E-state index is 0.101. The lowest BCUT2D eigenvalue weighted by atomic mass is 9.99. The minimum atomic E-state index is -0.377. The van der Waals surface area contributed by atoms with Crippen LogP contribution in [0.1, 0.15) is 47.3 Å². The molecule has 3 rings (SSSR count). The molecule has 2 amide bonds. The monoisotopic (exact) mass is 414 g/mol. The smallest absolute Gasteiger partial charge is 0.414 e. The van der Waals surface area contributed by atoms with Crippen molar-refractivity contribution >= 4 is 35.0 Å². The normalized spacial score (nSPS) is 15.9. The Balaban J connectivity index is 2.12. The molecule has 2 aromatic carbocycles. The van der Waals surface area contributed by atoms with Crippen LogP contribution in [-0.4, -0.2) is 31.2 Å². The molecule has 29 heavy (non-hydrogen) atoms. The second-order valence-corrected chi connectivity index (χ2v) is 7.84. The van der Waals surface area contributed by atoms with Gasteiger partial charge >= 0.3 is 6.09 Å². The zero-order valence-electron chi connectivity index (χ0n) is 17.6. The third-order valence-electron chi connectivity index (χ3n) is 5.49. The van der Waals surface area contributed by atoms with Crippen molar-refractivity contribution in [3.8, 4) is 0 Å². The predicted molar refractivity (Wildman–Crippen MR) is 117 cm³/mol. The Morgan fingerprint density at radius 3 is 2.28 bits per heavy atom. The Bertz CT molecular complexity index is 957. The van der Waals surface area contributed by atoms with E-state index in [-0.39, 0.29) is 18.0 Å². The fraction of sp³-hybridized carbons (Fsp3) is 0.391. The fourth-order valence-electron chi connectivity index (χ4n) is 3.66. The van der Waals surface area contributed by atoms with Crippen molar-refractivity contribution in [2.45, 2.75) is 47.1 Å². The number of benzene rings is 2.